The zero-order chi connectivity index (χ0) is 12.1. The number of rotatable bonds is 4. The van der Waals surface area contributed by atoms with Crippen molar-refractivity contribution in [1.29, 1.82) is 5.41 Å². The smallest absolute Gasteiger partial charge is 0.142 e. The molecule has 1 rings (SSSR count). The SMILES string of the molecule is N=C(Cl)C=C(Cl)NCc1ccc(Cl)c(F)c1. The maximum absolute atomic E-state index is 13.1. The summed E-state index contributed by atoms with van der Waals surface area (Å²) in [7, 11) is 0. The van der Waals surface area contributed by atoms with Crippen molar-refractivity contribution in [3.05, 3.63) is 45.8 Å². The molecule has 0 aliphatic heterocycles. The van der Waals surface area contributed by atoms with E-state index in [9.17, 15) is 4.39 Å². The lowest BCUT2D eigenvalue weighted by Crippen LogP contribution is -2.09. The van der Waals surface area contributed by atoms with Gasteiger partial charge in [0.05, 0.1) is 5.02 Å². The molecule has 0 aliphatic carbocycles. The lowest BCUT2D eigenvalue weighted by atomic mass is 10.2. The summed E-state index contributed by atoms with van der Waals surface area (Å²) in [6.07, 6.45) is 1.25. The molecule has 0 aromatic heterocycles. The third kappa shape index (κ3) is 4.39. The molecule has 0 atom stereocenters. The highest BCUT2D eigenvalue weighted by Crippen LogP contribution is 2.15. The van der Waals surface area contributed by atoms with Crippen LogP contribution in [0.5, 0.6) is 0 Å². The fourth-order valence-electron chi connectivity index (χ4n) is 0.998. The first-order chi connectivity index (χ1) is 7.49. The Kier molecular flexibility index (Phi) is 5.06. The van der Waals surface area contributed by atoms with E-state index < -0.39 is 5.82 Å². The lowest BCUT2D eigenvalue weighted by Gasteiger charge is -2.05. The van der Waals surface area contributed by atoms with Crippen molar-refractivity contribution in [2.24, 2.45) is 0 Å². The normalized spacial score (nSPS) is 11.4. The Morgan fingerprint density at radius 2 is 2.12 bits per heavy atom. The Hall–Kier alpha value is -0.770. The second-order valence-corrected chi connectivity index (χ2v) is 4.16. The molecule has 6 heteroatoms. The van der Waals surface area contributed by atoms with Gasteiger partial charge in [-0.2, -0.15) is 0 Å². The van der Waals surface area contributed by atoms with Gasteiger partial charge in [-0.05, 0) is 17.7 Å². The fraction of sp³-hybridized carbons (Fsp3) is 0.100. The number of halogens is 4. The van der Waals surface area contributed by atoms with Crippen molar-refractivity contribution >= 4 is 40.0 Å². The topological polar surface area (TPSA) is 35.9 Å². The first kappa shape index (κ1) is 13.3. The molecule has 2 N–H and O–H groups in total. The highest BCUT2D eigenvalue weighted by molar-refractivity contribution is 6.68. The van der Waals surface area contributed by atoms with Gasteiger partial charge in [-0.1, -0.05) is 40.9 Å². The summed E-state index contributed by atoms with van der Waals surface area (Å²) < 4.78 is 13.1. The van der Waals surface area contributed by atoms with Crippen molar-refractivity contribution in [2.75, 3.05) is 0 Å². The molecule has 0 saturated heterocycles. The average molecular weight is 282 g/mol. The van der Waals surface area contributed by atoms with Crippen LogP contribution in [0.25, 0.3) is 0 Å². The van der Waals surface area contributed by atoms with E-state index >= 15 is 0 Å². The number of allylic oxidation sites excluding steroid dienone is 1. The predicted molar refractivity (Wildman–Crippen MR) is 65.8 cm³/mol. The van der Waals surface area contributed by atoms with Crippen LogP contribution in [-0.2, 0) is 6.54 Å². The molecule has 86 valence electrons. The van der Waals surface area contributed by atoms with E-state index in [-0.39, 0.29) is 15.3 Å². The van der Waals surface area contributed by atoms with Gasteiger partial charge in [-0.25, -0.2) is 4.39 Å². The summed E-state index contributed by atoms with van der Waals surface area (Å²) in [5.74, 6) is -0.480. The lowest BCUT2D eigenvalue weighted by molar-refractivity contribution is 0.624. The molecule has 2 nitrogen and oxygen atoms in total. The molecule has 0 heterocycles. The molecule has 0 saturated carbocycles. The Morgan fingerprint density at radius 3 is 2.69 bits per heavy atom. The van der Waals surface area contributed by atoms with E-state index in [1.807, 2.05) is 0 Å². The molecule has 0 unspecified atom stereocenters. The first-order valence-corrected chi connectivity index (χ1v) is 5.41. The van der Waals surface area contributed by atoms with E-state index in [2.05, 4.69) is 5.32 Å². The van der Waals surface area contributed by atoms with Crippen LogP contribution in [0.3, 0.4) is 0 Å². The second kappa shape index (κ2) is 6.09. The van der Waals surface area contributed by atoms with Gasteiger partial charge >= 0.3 is 0 Å². The standard InChI is InChI=1S/C10H8Cl3FN2/c11-7-2-1-6(3-8(7)14)5-16-10(13)4-9(12)15/h1-4,15-16H,5H2. The minimum Gasteiger partial charge on any atom is -0.372 e. The Bertz CT molecular complexity index is 432. The Morgan fingerprint density at radius 1 is 1.44 bits per heavy atom. The molecule has 0 fully saturated rings. The van der Waals surface area contributed by atoms with Crippen molar-refractivity contribution < 1.29 is 4.39 Å². The van der Waals surface area contributed by atoms with Crippen LogP contribution in [0.4, 0.5) is 4.39 Å². The van der Waals surface area contributed by atoms with Crippen molar-refractivity contribution in [2.45, 2.75) is 6.54 Å². The van der Waals surface area contributed by atoms with Crippen molar-refractivity contribution in [1.82, 2.24) is 5.32 Å². The molecule has 0 aliphatic rings. The molecule has 16 heavy (non-hydrogen) atoms. The van der Waals surface area contributed by atoms with Crippen LogP contribution in [0, 0.1) is 11.2 Å². The first-order valence-electron chi connectivity index (χ1n) is 4.28. The van der Waals surface area contributed by atoms with Crippen LogP contribution < -0.4 is 5.32 Å². The van der Waals surface area contributed by atoms with Gasteiger partial charge in [0.1, 0.15) is 16.1 Å². The minimum absolute atomic E-state index is 0.0768. The second-order valence-electron chi connectivity index (χ2n) is 2.94. The van der Waals surface area contributed by atoms with Gasteiger partial charge < -0.3 is 5.32 Å². The molecule has 0 bridgehead atoms. The van der Waals surface area contributed by atoms with Crippen LogP contribution in [0.1, 0.15) is 5.56 Å². The van der Waals surface area contributed by atoms with Gasteiger partial charge in [0.15, 0.2) is 0 Å². The van der Waals surface area contributed by atoms with Crippen LogP contribution >= 0.6 is 34.8 Å². The third-order valence-electron chi connectivity index (χ3n) is 1.70. The molecule has 0 spiro atoms. The molecule has 0 amide bonds. The van der Waals surface area contributed by atoms with Gasteiger partial charge in [0, 0.05) is 12.6 Å². The van der Waals surface area contributed by atoms with Crippen LogP contribution in [0.15, 0.2) is 29.4 Å². The van der Waals surface area contributed by atoms with E-state index in [0.29, 0.717) is 12.1 Å². The number of nitrogens with one attached hydrogen (secondary N) is 2. The number of hydrogen-bond donors (Lipinski definition) is 2. The van der Waals surface area contributed by atoms with E-state index in [0.717, 1.165) is 0 Å². The number of hydrogen-bond acceptors (Lipinski definition) is 2. The summed E-state index contributed by atoms with van der Waals surface area (Å²) in [6.45, 7) is 0.327. The average Bonchev–Trinajstić information content (AvgIpc) is 2.19. The monoisotopic (exact) mass is 280 g/mol. The van der Waals surface area contributed by atoms with Crippen LogP contribution in [-0.4, -0.2) is 5.17 Å². The Labute approximate surface area is 108 Å². The molecular weight excluding hydrogens is 273 g/mol. The zero-order valence-electron chi connectivity index (χ0n) is 8.03. The van der Waals surface area contributed by atoms with Crippen molar-refractivity contribution in [3.63, 3.8) is 0 Å². The molecular formula is C10H8Cl3FN2. The van der Waals surface area contributed by atoms with Gasteiger partial charge in [0.2, 0.25) is 0 Å². The summed E-state index contributed by atoms with van der Waals surface area (Å²) >= 11 is 16.5. The largest absolute Gasteiger partial charge is 0.372 e. The maximum Gasteiger partial charge on any atom is 0.142 e. The molecule has 1 aromatic rings. The molecule has 0 radical (unpaired) electrons. The fourth-order valence-corrected chi connectivity index (χ4v) is 1.46. The van der Waals surface area contributed by atoms with Gasteiger partial charge in [-0.15, -0.1) is 0 Å². The quantitative estimate of drug-likeness (QED) is 0.638. The summed E-state index contributed by atoms with van der Waals surface area (Å²) in [5, 5.41) is 9.84. The van der Waals surface area contributed by atoms with Crippen LogP contribution in [0.2, 0.25) is 5.02 Å². The summed E-state index contributed by atoms with van der Waals surface area (Å²) in [6, 6.07) is 4.45. The third-order valence-corrected chi connectivity index (χ3v) is 2.36. The summed E-state index contributed by atoms with van der Waals surface area (Å²) in [5.41, 5.74) is 0.689. The van der Waals surface area contributed by atoms with Crippen molar-refractivity contribution in [3.8, 4) is 0 Å². The Balaban J connectivity index is 2.61. The summed E-state index contributed by atoms with van der Waals surface area (Å²) in [4.78, 5) is 0. The minimum atomic E-state index is -0.480. The number of benzene rings is 1. The molecule has 1 aromatic carbocycles. The zero-order valence-corrected chi connectivity index (χ0v) is 10.3. The van der Waals surface area contributed by atoms with E-state index in [1.165, 1.54) is 18.2 Å². The van der Waals surface area contributed by atoms with E-state index in [4.69, 9.17) is 40.2 Å². The highest BCUT2D eigenvalue weighted by atomic mass is 35.5. The van der Waals surface area contributed by atoms with Gasteiger partial charge in [0.25, 0.3) is 0 Å². The van der Waals surface area contributed by atoms with Gasteiger partial charge in [-0.3, -0.25) is 5.41 Å². The maximum atomic E-state index is 13.1. The highest BCUT2D eigenvalue weighted by Gasteiger charge is 2.01. The van der Waals surface area contributed by atoms with E-state index in [1.54, 1.807) is 6.07 Å². The predicted octanol–water partition coefficient (Wildman–Crippen LogP) is 3.86.